The molecule has 1 heterocycles. The number of aromatic nitrogens is 2. The van der Waals surface area contributed by atoms with Gasteiger partial charge < -0.3 is 5.32 Å². The summed E-state index contributed by atoms with van der Waals surface area (Å²) in [5.41, 5.74) is 0.403. The van der Waals surface area contributed by atoms with E-state index in [-0.39, 0.29) is 5.69 Å². The number of aryl methyl sites for hydroxylation is 1. The van der Waals surface area contributed by atoms with Crippen molar-refractivity contribution in [2.75, 3.05) is 11.9 Å². The van der Waals surface area contributed by atoms with Crippen LogP contribution in [0, 0.1) is 15.5 Å². The van der Waals surface area contributed by atoms with Crippen LogP contribution in [0.4, 0.5) is 11.5 Å². The molecule has 0 aromatic carbocycles. The first-order valence-corrected chi connectivity index (χ1v) is 5.48. The molecular formula is C10H16N4O2. The second kappa shape index (κ2) is 3.77. The van der Waals surface area contributed by atoms with Gasteiger partial charge in [-0.1, -0.05) is 6.92 Å². The number of rotatable bonds is 5. The number of nitrogens with zero attached hydrogens (tertiary/aromatic N) is 3. The van der Waals surface area contributed by atoms with Gasteiger partial charge in [-0.15, -0.1) is 5.10 Å². The van der Waals surface area contributed by atoms with Crippen LogP contribution in [0.3, 0.4) is 0 Å². The van der Waals surface area contributed by atoms with E-state index in [0.29, 0.717) is 11.2 Å². The summed E-state index contributed by atoms with van der Waals surface area (Å²) in [5, 5.41) is 17.9. The van der Waals surface area contributed by atoms with Crippen molar-refractivity contribution in [1.82, 2.24) is 9.78 Å². The van der Waals surface area contributed by atoms with Crippen LogP contribution in [-0.4, -0.2) is 21.2 Å². The molecule has 88 valence electrons. The van der Waals surface area contributed by atoms with Gasteiger partial charge in [0.15, 0.2) is 0 Å². The predicted octanol–water partition coefficient (Wildman–Crippen LogP) is 1.93. The smallest absolute Gasteiger partial charge is 0.330 e. The fraction of sp³-hybridized carbons (Fsp3) is 0.700. The van der Waals surface area contributed by atoms with Gasteiger partial charge >= 0.3 is 5.69 Å². The molecule has 16 heavy (non-hydrogen) atoms. The van der Waals surface area contributed by atoms with Crippen LogP contribution in [0.2, 0.25) is 0 Å². The Labute approximate surface area is 93.8 Å². The number of anilines is 1. The minimum Gasteiger partial charge on any atom is -0.362 e. The van der Waals surface area contributed by atoms with Gasteiger partial charge in [0, 0.05) is 13.6 Å². The highest BCUT2D eigenvalue weighted by atomic mass is 16.6. The summed E-state index contributed by atoms with van der Waals surface area (Å²) in [6.07, 6.45) is 4.95. The Bertz CT molecular complexity index is 409. The molecule has 6 nitrogen and oxygen atoms in total. The zero-order valence-electron chi connectivity index (χ0n) is 9.56. The summed E-state index contributed by atoms with van der Waals surface area (Å²) in [6.45, 7) is 2.93. The summed E-state index contributed by atoms with van der Waals surface area (Å²) in [4.78, 5) is 10.4. The van der Waals surface area contributed by atoms with Crippen LogP contribution >= 0.6 is 0 Å². The lowest BCUT2D eigenvalue weighted by atomic mass is 10.0. The van der Waals surface area contributed by atoms with Gasteiger partial charge in [0.1, 0.15) is 6.20 Å². The number of hydrogen-bond donors (Lipinski definition) is 1. The average Bonchev–Trinajstić information content (AvgIpc) is 2.93. The van der Waals surface area contributed by atoms with E-state index in [0.717, 1.165) is 13.0 Å². The van der Waals surface area contributed by atoms with E-state index in [1.54, 1.807) is 7.05 Å². The van der Waals surface area contributed by atoms with E-state index in [4.69, 9.17) is 0 Å². The molecular weight excluding hydrogens is 208 g/mol. The predicted molar refractivity (Wildman–Crippen MR) is 60.3 cm³/mol. The molecule has 6 heteroatoms. The first kappa shape index (κ1) is 10.9. The van der Waals surface area contributed by atoms with Crippen molar-refractivity contribution in [3.8, 4) is 0 Å². The Morgan fingerprint density at radius 2 is 2.38 bits per heavy atom. The zero-order valence-corrected chi connectivity index (χ0v) is 9.56. The fourth-order valence-corrected chi connectivity index (χ4v) is 1.84. The Hall–Kier alpha value is -1.59. The van der Waals surface area contributed by atoms with Crippen LogP contribution in [0.1, 0.15) is 26.2 Å². The first-order valence-electron chi connectivity index (χ1n) is 5.48. The van der Waals surface area contributed by atoms with Gasteiger partial charge in [0.05, 0.1) is 4.92 Å². The minimum atomic E-state index is -0.402. The fourth-order valence-electron chi connectivity index (χ4n) is 1.84. The van der Waals surface area contributed by atoms with Crippen molar-refractivity contribution in [3.05, 3.63) is 16.3 Å². The van der Waals surface area contributed by atoms with Crippen LogP contribution < -0.4 is 5.32 Å². The lowest BCUT2D eigenvalue weighted by Crippen LogP contribution is -2.15. The van der Waals surface area contributed by atoms with Gasteiger partial charge in [0.2, 0.25) is 5.82 Å². The number of nitrogens with one attached hydrogen (secondary N) is 1. The highest BCUT2D eigenvalue weighted by molar-refractivity contribution is 5.54. The zero-order chi connectivity index (χ0) is 11.8. The van der Waals surface area contributed by atoms with Gasteiger partial charge in [0.25, 0.3) is 0 Å². The van der Waals surface area contributed by atoms with E-state index in [1.807, 2.05) is 0 Å². The molecule has 0 unspecified atom stereocenters. The molecule has 2 rings (SSSR count). The third-order valence-electron chi connectivity index (χ3n) is 3.34. The first-order chi connectivity index (χ1) is 7.56. The third-order valence-corrected chi connectivity index (χ3v) is 3.34. The third kappa shape index (κ3) is 2.00. The molecule has 0 spiro atoms. The van der Waals surface area contributed by atoms with Crippen molar-refractivity contribution in [2.24, 2.45) is 12.5 Å². The Kier molecular flexibility index (Phi) is 2.57. The molecule has 1 fully saturated rings. The molecule has 1 aromatic heterocycles. The average molecular weight is 224 g/mol. The molecule has 0 atom stereocenters. The van der Waals surface area contributed by atoms with Gasteiger partial charge in [-0.25, -0.2) is 0 Å². The lowest BCUT2D eigenvalue weighted by molar-refractivity contribution is -0.384. The standard InChI is InChI=1S/C10H16N4O2/c1-3-10(4-5-10)7-11-9-8(14(15)16)6-13(2)12-9/h6H,3-5,7H2,1-2H3,(H,11,12). The number of nitro groups is 1. The molecule has 0 bridgehead atoms. The van der Waals surface area contributed by atoms with Crippen LogP contribution in [-0.2, 0) is 7.05 Å². The molecule has 0 amide bonds. The van der Waals surface area contributed by atoms with Crippen molar-refractivity contribution < 1.29 is 4.92 Å². The summed E-state index contributed by atoms with van der Waals surface area (Å²) in [6, 6.07) is 0. The van der Waals surface area contributed by atoms with E-state index in [9.17, 15) is 10.1 Å². The van der Waals surface area contributed by atoms with Crippen molar-refractivity contribution in [3.63, 3.8) is 0 Å². The number of hydrogen-bond acceptors (Lipinski definition) is 4. The minimum absolute atomic E-state index is 0.0504. The molecule has 0 saturated heterocycles. The van der Waals surface area contributed by atoms with Gasteiger partial charge in [-0.2, -0.15) is 0 Å². The van der Waals surface area contributed by atoms with Crippen molar-refractivity contribution >= 4 is 11.5 Å². The van der Waals surface area contributed by atoms with Crippen LogP contribution in [0.25, 0.3) is 0 Å². The second-order valence-corrected chi connectivity index (χ2v) is 4.50. The SMILES string of the molecule is CCC1(CNc2nn(C)cc2[N+](=O)[O-])CC1. The normalized spacial score (nSPS) is 17.1. The molecule has 0 aliphatic heterocycles. The largest absolute Gasteiger partial charge is 0.362 e. The summed E-state index contributed by atoms with van der Waals surface area (Å²) in [5.74, 6) is 0.382. The van der Waals surface area contributed by atoms with Gasteiger partial charge in [-0.05, 0) is 24.7 Å². The van der Waals surface area contributed by atoms with Crippen molar-refractivity contribution in [2.45, 2.75) is 26.2 Å². The Morgan fingerprint density at radius 1 is 1.69 bits per heavy atom. The molecule has 1 aliphatic rings. The highest BCUT2D eigenvalue weighted by Gasteiger charge is 2.40. The topological polar surface area (TPSA) is 73.0 Å². The van der Waals surface area contributed by atoms with E-state index in [1.165, 1.54) is 23.7 Å². The maximum absolute atomic E-state index is 10.8. The molecule has 1 aliphatic carbocycles. The molecule has 1 aromatic rings. The van der Waals surface area contributed by atoms with Gasteiger partial charge in [-0.3, -0.25) is 14.8 Å². The maximum atomic E-state index is 10.8. The van der Waals surface area contributed by atoms with E-state index in [2.05, 4.69) is 17.3 Å². The monoisotopic (exact) mass is 224 g/mol. The second-order valence-electron chi connectivity index (χ2n) is 4.50. The van der Waals surface area contributed by atoms with Crippen LogP contribution in [0.5, 0.6) is 0 Å². The highest BCUT2D eigenvalue weighted by Crippen LogP contribution is 2.48. The molecule has 0 radical (unpaired) electrons. The summed E-state index contributed by atoms with van der Waals surface area (Å²) >= 11 is 0. The van der Waals surface area contributed by atoms with E-state index >= 15 is 0 Å². The van der Waals surface area contributed by atoms with E-state index < -0.39 is 4.92 Å². The quantitative estimate of drug-likeness (QED) is 0.612. The Balaban J connectivity index is 2.06. The molecule has 1 saturated carbocycles. The summed E-state index contributed by atoms with van der Waals surface area (Å²) in [7, 11) is 1.69. The van der Waals surface area contributed by atoms with Crippen molar-refractivity contribution in [1.29, 1.82) is 0 Å². The Morgan fingerprint density at radius 3 is 2.88 bits per heavy atom. The molecule has 1 N–H and O–H groups in total. The summed E-state index contributed by atoms with van der Waals surface area (Å²) < 4.78 is 1.46. The maximum Gasteiger partial charge on any atom is 0.330 e. The lowest BCUT2D eigenvalue weighted by Gasteiger charge is -2.12. The van der Waals surface area contributed by atoms with Crippen LogP contribution in [0.15, 0.2) is 6.20 Å².